The maximum Gasteiger partial charge on any atom is 0.128 e. The first kappa shape index (κ1) is 11.6. The van der Waals surface area contributed by atoms with Gasteiger partial charge in [-0.05, 0) is 56.3 Å². The van der Waals surface area contributed by atoms with Gasteiger partial charge in [-0.1, -0.05) is 13.0 Å². The number of hydrogen-bond donors (Lipinski definition) is 1. The van der Waals surface area contributed by atoms with Gasteiger partial charge in [0, 0.05) is 11.6 Å². The molecule has 0 radical (unpaired) electrons. The van der Waals surface area contributed by atoms with Crippen molar-refractivity contribution in [1.82, 2.24) is 5.32 Å². The number of aryl methyl sites for hydroxylation is 2. The molecule has 1 aliphatic carbocycles. The van der Waals surface area contributed by atoms with Crippen molar-refractivity contribution in [1.29, 1.82) is 0 Å². The van der Waals surface area contributed by atoms with E-state index in [1.165, 1.54) is 6.42 Å². The Morgan fingerprint density at radius 2 is 2.00 bits per heavy atom. The van der Waals surface area contributed by atoms with E-state index in [-0.39, 0.29) is 11.9 Å². The van der Waals surface area contributed by atoms with Crippen LogP contribution >= 0.6 is 0 Å². The van der Waals surface area contributed by atoms with E-state index in [9.17, 15) is 4.39 Å². The third-order valence-corrected chi connectivity index (χ3v) is 3.70. The number of halogens is 1. The van der Waals surface area contributed by atoms with Crippen LogP contribution in [0.25, 0.3) is 0 Å². The molecule has 3 unspecified atom stereocenters. The van der Waals surface area contributed by atoms with E-state index in [2.05, 4.69) is 18.3 Å². The zero-order valence-corrected chi connectivity index (χ0v) is 10.5. The first-order chi connectivity index (χ1) is 7.54. The van der Waals surface area contributed by atoms with Crippen LogP contribution in [0.4, 0.5) is 4.39 Å². The Bertz CT molecular complexity index is 377. The largest absolute Gasteiger partial charge is 0.313 e. The lowest BCUT2D eigenvalue weighted by atomic mass is 9.94. The van der Waals surface area contributed by atoms with Crippen molar-refractivity contribution in [3.63, 3.8) is 0 Å². The maximum absolute atomic E-state index is 14.0. The maximum atomic E-state index is 14.0. The summed E-state index contributed by atoms with van der Waals surface area (Å²) in [6.07, 6.45) is 1.21. The lowest BCUT2D eigenvalue weighted by molar-refractivity contribution is 0.472. The van der Waals surface area contributed by atoms with Crippen LogP contribution in [0, 0.1) is 31.5 Å². The van der Waals surface area contributed by atoms with Crippen LogP contribution in [0.5, 0.6) is 0 Å². The molecule has 0 aromatic heterocycles. The van der Waals surface area contributed by atoms with Crippen molar-refractivity contribution in [3.05, 3.63) is 34.6 Å². The minimum absolute atomic E-state index is 0.0593. The fourth-order valence-corrected chi connectivity index (χ4v) is 2.71. The monoisotopic (exact) mass is 221 g/mol. The van der Waals surface area contributed by atoms with E-state index >= 15 is 0 Å². The van der Waals surface area contributed by atoms with Crippen LogP contribution in [0.1, 0.15) is 36.1 Å². The summed E-state index contributed by atoms with van der Waals surface area (Å²) >= 11 is 0. The van der Waals surface area contributed by atoms with Gasteiger partial charge in [0.1, 0.15) is 5.82 Å². The highest BCUT2D eigenvalue weighted by Gasteiger charge is 2.40. The molecule has 2 heteroatoms. The second kappa shape index (κ2) is 4.17. The molecule has 1 saturated carbocycles. The molecule has 1 fully saturated rings. The summed E-state index contributed by atoms with van der Waals surface area (Å²) in [4.78, 5) is 0. The van der Waals surface area contributed by atoms with Gasteiger partial charge < -0.3 is 5.32 Å². The first-order valence-corrected chi connectivity index (χ1v) is 5.98. The Labute approximate surface area is 97.1 Å². The lowest BCUT2D eigenvalue weighted by Gasteiger charge is -2.20. The summed E-state index contributed by atoms with van der Waals surface area (Å²) in [5, 5.41) is 3.27. The Kier molecular flexibility index (Phi) is 3.02. The van der Waals surface area contributed by atoms with Crippen molar-refractivity contribution in [2.24, 2.45) is 11.8 Å². The minimum atomic E-state index is -0.0593. The average molecular weight is 221 g/mol. The quantitative estimate of drug-likeness (QED) is 0.825. The highest BCUT2D eigenvalue weighted by Crippen LogP contribution is 2.47. The molecule has 0 bridgehead atoms. The fourth-order valence-electron chi connectivity index (χ4n) is 2.71. The predicted molar refractivity (Wildman–Crippen MR) is 64.9 cm³/mol. The molecule has 1 aromatic rings. The van der Waals surface area contributed by atoms with Gasteiger partial charge in [0.15, 0.2) is 0 Å². The summed E-state index contributed by atoms with van der Waals surface area (Å²) in [6.45, 7) is 6.17. The SMILES string of the molecule is CNC(c1c(C)cc(C)cc1F)C1CC1C. The smallest absolute Gasteiger partial charge is 0.128 e. The summed E-state index contributed by atoms with van der Waals surface area (Å²) in [5.74, 6) is 1.26. The Morgan fingerprint density at radius 3 is 2.44 bits per heavy atom. The third kappa shape index (κ3) is 1.99. The summed E-state index contributed by atoms with van der Waals surface area (Å²) in [7, 11) is 1.93. The molecule has 1 N–H and O–H groups in total. The molecule has 1 aliphatic rings. The topological polar surface area (TPSA) is 12.0 Å². The summed E-state index contributed by atoms with van der Waals surface area (Å²) < 4.78 is 14.0. The highest BCUT2D eigenvalue weighted by atomic mass is 19.1. The highest BCUT2D eigenvalue weighted by molar-refractivity contribution is 5.35. The minimum Gasteiger partial charge on any atom is -0.313 e. The zero-order valence-electron chi connectivity index (χ0n) is 10.5. The van der Waals surface area contributed by atoms with Crippen LogP contribution in [0.2, 0.25) is 0 Å². The molecule has 0 spiro atoms. The number of nitrogens with one attached hydrogen (secondary N) is 1. The van der Waals surface area contributed by atoms with Gasteiger partial charge in [0.05, 0.1) is 0 Å². The fraction of sp³-hybridized carbons (Fsp3) is 0.571. The molecule has 88 valence electrons. The molecular formula is C14H20FN. The summed E-state index contributed by atoms with van der Waals surface area (Å²) in [6, 6.07) is 3.88. The van der Waals surface area contributed by atoms with Gasteiger partial charge >= 0.3 is 0 Å². The molecule has 0 amide bonds. The van der Waals surface area contributed by atoms with E-state index in [0.29, 0.717) is 5.92 Å². The molecule has 16 heavy (non-hydrogen) atoms. The van der Waals surface area contributed by atoms with Gasteiger partial charge in [-0.25, -0.2) is 4.39 Å². The van der Waals surface area contributed by atoms with E-state index in [1.807, 2.05) is 20.9 Å². The number of benzene rings is 1. The van der Waals surface area contributed by atoms with E-state index in [1.54, 1.807) is 6.07 Å². The molecule has 3 atom stereocenters. The molecule has 0 aliphatic heterocycles. The predicted octanol–water partition coefficient (Wildman–Crippen LogP) is 3.36. The molecule has 1 aromatic carbocycles. The molecular weight excluding hydrogens is 201 g/mol. The van der Waals surface area contributed by atoms with Crippen molar-refractivity contribution in [2.75, 3.05) is 7.05 Å². The normalized spacial score (nSPS) is 25.6. The van der Waals surface area contributed by atoms with Gasteiger partial charge in [-0.3, -0.25) is 0 Å². The van der Waals surface area contributed by atoms with Crippen molar-refractivity contribution in [2.45, 2.75) is 33.2 Å². The first-order valence-electron chi connectivity index (χ1n) is 5.98. The van der Waals surface area contributed by atoms with Crippen LogP contribution in [0.3, 0.4) is 0 Å². The van der Waals surface area contributed by atoms with Gasteiger partial charge in [0.25, 0.3) is 0 Å². The van der Waals surface area contributed by atoms with Crippen LogP contribution in [0.15, 0.2) is 12.1 Å². The molecule has 0 heterocycles. The Balaban J connectivity index is 2.38. The van der Waals surface area contributed by atoms with Crippen molar-refractivity contribution >= 4 is 0 Å². The van der Waals surface area contributed by atoms with Gasteiger partial charge in [0.2, 0.25) is 0 Å². The van der Waals surface area contributed by atoms with Crippen LogP contribution < -0.4 is 5.32 Å². The van der Waals surface area contributed by atoms with E-state index in [4.69, 9.17) is 0 Å². The standard InChI is InChI=1S/C14H20FN/c1-8-5-10(3)13(12(15)6-8)14(16-4)11-7-9(11)2/h5-6,9,11,14,16H,7H2,1-4H3. The van der Waals surface area contributed by atoms with E-state index in [0.717, 1.165) is 22.6 Å². The van der Waals surface area contributed by atoms with Gasteiger partial charge in [-0.2, -0.15) is 0 Å². The summed E-state index contributed by atoms with van der Waals surface area (Å²) in [5.41, 5.74) is 2.93. The average Bonchev–Trinajstić information content (AvgIpc) is 2.88. The Morgan fingerprint density at radius 1 is 1.38 bits per heavy atom. The molecule has 1 nitrogen and oxygen atoms in total. The Hall–Kier alpha value is -0.890. The van der Waals surface area contributed by atoms with Crippen LogP contribution in [-0.2, 0) is 0 Å². The molecule has 2 rings (SSSR count). The lowest BCUT2D eigenvalue weighted by Crippen LogP contribution is -2.21. The second-order valence-corrected chi connectivity index (χ2v) is 5.12. The van der Waals surface area contributed by atoms with Crippen molar-refractivity contribution < 1.29 is 4.39 Å². The van der Waals surface area contributed by atoms with Crippen molar-refractivity contribution in [3.8, 4) is 0 Å². The zero-order chi connectivity index (χ0) is 11.9. The number of hydrogen-bond acceptors (Lipinski definition) is 1. The van der Waals surface area contributed by atoms with E-state index < -0.39 is 0 Å². The van der Waals surface area contributed by atoms with Gasteiger partial charge in [-0.15, -0.1) is 0 Å². The number of rotatable bonds is 3. The molecule has 0 saturated heterocycles. The van der Waals surface area contributed by atoms with Crippen LogP contribution in [-0.4, -0.2) is 7.05 Å². The second-order valence-electron chi connectivity index (χ2n) is 5.12. The third-order valence-electron chi connectivity index (χ3n) is 3.70.